The lowest BCUT2D eigenvalue weighted by molar-refractivity contribution is -0.116. The lowest BCUT2D eigenvalue weighted by atomic mass is 9.91. The number of fused-ring (bicyclic) bond motifs is 1. The van der Waals surface area contributed by atoms with Gasteiger partial charge >= 0.3 is 0 Å². The number of amides is 1. The van der Waals surface area contributed by atoms with Gasteiger partial charge in [0.15, 0.2) is 5.13 Å². The third-order valence-corrected chi connectivity index (χ3v) is 5.60. The van der Waals surface area contributed by atoms with Gasteiger partial charge in [-0.05, 0) is 23.8 Å². The Morgan fingerprint density at radius 3 is 2.96 bits per heavy atom. The molecule has 0 unspecified atom stereocenters. The van der Waals surface area contributed by atoms with Gasteiger partial charge in [-0.3, -0.25) is 4.79 Å². The number of aromatic nitrogens is 1. The highest BCUT2D eigenvalue weighted by molar-refractivity contribution is 7.16. The predicted molar refractivity (Wildman–Crippen MR) is 104 cm³/mol. The van der Waals surface area contributed by atoms with Crippen molar-refractivity contribution in [2.45, 2.75) is 18.9 Å². The molecule has 0 saturated carbocycles. The average molecular weight is 383 g/mol. The first-order valence-corrected chi connectivity index (χ1v) is 9.40. The number of nitrogens with zero attached hydrogens (tertiary/aromatic N) is 1. The van der Waals surface area contributed by atoms with Gasteiger partial charge in [0.1, 0.15) is 24.0 Å². The molecule has 1 aliphatic heterocycles. The third kappa shape index (κ3) is 3.64. The van der Waals surface area contributed by atoms with Gasteiger partial charge in [-0.25, -0.2) is 9.37 Å². The van der Waals surface area contributed by atoms with Crippen LogP contribution >= 0.6 is 11.3 Å². The Morgan fingerprint density at radius 2 is 2.15 bits per heavy atom. The maximum atomic E-state index is 13.4. The molecule has 2 N–H and O–H groups in total. The van der Waals surface area contributed by atoms with Crippen molar-refractivity contribution >= 4 is 28.2 Å². The molecule has 27 heavy (non-hydrogen) atoms. The monoisotopic (exact) mass is 383 g/mol. The van der Waals surface area contributed by atoms with Crippen molar-refractivity contribution in [1.82, 2.24) is 4.98 Å². The molecule has 1 atom stereocenters. The summed E-state index contributed by atoms with van der Waals surface area (Å²) in [5.41, 5.74) is 1.68. The first-order valence-electron chi connectivity index (χ1n) is 8.58. The van der Waals surface area contributed by atoms with Crippen LogP contribution in [0.4, 0.5) is 15.3 Å². The van der Waals surface area contributed by atoms with Crippen LogP contribution in [0, 0.1) is 5.82 Å². The number of ether oxygens (including phenoxy) is 1. The van der Waals surface area contributed by atoms with E-state index in [-0.39, 0.29) is 24.2 Å². The quantitative estimate of drug-likeness (QED) is 0.686. The summed E-state index contributed by atoms with van der Waals surface area (Å²) in [5.74, 6) is 0.803. The van der Waals surface area contributed by atoms with Crippen LogP contribution in [0.25, 0.3) is 0 Å². The zero-order valence-electron chi connectivity index (χ0n) is 14.7. The zero-order chi connectivity index (χ0) is 18.8. The predicted octanol–water partition coefficient (Wildman–Crippen LogP) is 4.38. The Balaban J connectivity index is 1.65. The van der Waals surface area contributed by atoms with Crippen molar-refractivity contribution in [3.8, 4) is 5.75 Å². The van der Waals surface area contributed by atoms with E-state index in [1.807, 2.05) is 30.3 Å². The summed E-state index contributed by atoms with van der Waals surface area (Å²) in [6, 6.07) is 14.0. The zero-order valence-corrected chi connectivity index (χ0v) is 15.5. The first-order chi connectivity index (χ1) is 13.1. The number of carbonyl (C=O) groups excluding carboxylic acids is 1. The van der Waals surface area contributed by atoms with Gasteiger partial charge in [0, 0.05) is 24.9 Å². The average Bonchev–Trinajstić information content (AvgIpc) is 3.09. The van der Waals surface area contributed by atoms with Gasteiger partial charge in [0.2, 0.25) is 5.91 Å². The second kappa shape index (κ2) is 7.36. The number of benzene rings is 2. The fourth-order valence-electron chi connectivity index (χ4n) is 3.16. The molecule has 0 spiro atoms. The van der Waals surface area contributed by atoms with Gasteiger partial charge in [0.05, 0.1) is 4.88 Å². The number of rotatable bonds is 5. The molecule has 5 nitrogen and oxygen atoms in total. The van der Waals surface area contributed by atoms with Crippen molar-refractivity contribution in [3.63, 3.8) is 0 Å². The maximum Gasteiger partial charge on any atom is 0.226 e. The highest BCUT2D eigenvalue weighted by Crippen LogP contribution is 2.44. The summed E-state index contributed by atoms with van der Waals surface area (Å²) >= 11 is 1.52. The molecule has 4 rings (SSSR count). The number of anilines is 2. The van der Waals surface area contributed by atoms with Gasteiger partial charge in [-0.1, -0.05) is 41.7 Å². The van der Waals surface area contributed by atoms with Gasteiger partial charge in [-0.2, -0.15) is 0 Å². The Labute approximate surface area is 160 Å². The molecule has 1 aromatic heterocycles. The van der Waals surface area contributed by atoms with E-state index >= 15 is 0 Å². The van der Waals surface area contributed by atoms with Crippen LogP contribution in [0.15, 0.2) is 48.5 Å². The number of carbonyl (C=O) groups is 1. The number of nitrogens with one attached hydrogen (secondary N) is 2. The second-order valence-electron chi connectivity index (χ2n) is 6.24. The van der Waals surface area contributed by atoms with Crippen LogP contribution in [0.1, 0.15) is 28.3 Å². The summed E-state index contributed by atoms with van der Waals surface area (Å²) in [6.45, 7) is 0.255. The molecule has 1 amide bonds. The normalized spacial score (nSPS) is 15.8. The minimum atomic E-state index is -0.290. The molecule has 0 saturated heterocycles. The fraction of sp³-hybridized carbons (Fsp3) is 0.200. The van der Waals surface area contributed by atoms with Crippen molar-refractivity contribution in [2.24, 2.45) is 0 Å². The minimum absolute atomic E-state index is 0.0691. The molecule has 0 fully saturated rings. The number of hydrogen-bond acceptors (Lipinski definition) is 5. The number of hydrogen-bond donors (Lipinski definition) is 2. The van der Waals surface area contributed by atoms with Gasteiger partial charge in [-0.15, -0.1) is 0 Å². The largest absolute Gasteiger partial charge is 0.489 e. The van der Waals surface area contributed by atoms with Crippen LogP contribution < -0.4 is 15.4 Å². The van der Waals surface area contributed by atoms with Gasteiger partial charge < -0.3 is 15.4 Å². The van der Waals surface area contributed by atoms with Crippen LogP contribution in [0.5, 0.6) is 5.75 Å². The highest BCUT2D eigenvalue weighted by Gasteiger charge is 2.31. The maximum absolute atomic E-state index is 13.4. The molecule has 2 aromatic carbocycles. The molecule has 0 radical (unpaired) electrons. The topological polar surface area (TPSA) is 63.3 Å². The van der Waals surface area contributed by atoms with Crippen molar-refractivity contribution in [1.29, 1.82) is 0 Å². The summed E-state index contributed by atoms with van der Waals surface area (Å²) < 4.78 is 19.4. The van der Waals surface area contributed by atoms with E-state index in [2.05, 4.69) is 15.6 Å². The van der Waals surface area contributed by atoms with E-state index < -0.39 is 0 Å². The van der Waals surface area contributed by atoms with Crippen LogP contribution in [0.2, 0.25) is 0 Å². The molecule has 1 aliphatic rings. The van der Waals surface area contributed by atoms with Gasteiger partial charge in [0.25, 0.3) is 0 Å². The first kappa shape index (κ1) is 17.5. The number of thiazole rings is 1. The number of halogens is 1. The number of para-hydroxylation sites is 1. The SMILES string of the molecule is CNc1nc2c(s1)[C@H](c1ccccc1OCc1cccc(F)c1)CC(=O)N2. The lowest BCUT2D eigenvalue weighted by Crippen LogP contribution is -2.23. The summed E-state index contributed by atoms with van der Waals surface area (Å²) in [4.78, 5) is 17.6. The van der Waals surface area contributed by atoms with Crippen LogP contribution in [-0.2, 0) is 11.4 Å². The van der Waals surface area contributed by atoms with Crippen molar-refractivity contribution in [3.05, 3.63) is 70.4 Å². The van der Waals surface area contributed by atoms with E-state index in [4.69, 9.17) is 4.74 Å². The lowest BCUT2D eigenvalue weighted by Gasteiger charge is -2.23. The molecule has 0 bridgehead atoms. The van der Waals surface area contributed by atoms with Crippen molar-refractivity contribution < 1.29 is 13.9 Å². The summed E-state index contributed by atoms with van der Waals surface area (Å²) in [5, 5.41) is 6.62. The van der Waals surface area contributed by atoms with Crippen LogP contribution in [0.3, 0.4) is 0 Å². The molecule has 3 aromatic rings. The molecule has 138 valence electrons. The van der Waals surface area contributed by atoms with E-state index in [0.29, 0.717) is 18.0 Å². The minimum Gasteiger partial charge on any atom is -0.489 e. The Morgan fingerprint density at radius 1 is 1.30 bits per heavy atom. The fourth-order valence-corrected chi connectivity index (χ4v) is 4.16. The standard InChI is InChI=1S/C20H18FN3O2S/c1-22-20-24-19-18(27-20)15(10-17(25)23-19)14-7-2-3-8-16(14)26-11-12-5-4-6-13(21)9-12/h2-9,15H,10-11H2,1H3,(H,22,24)(H,23,25)/t15-/m0/s1. The summed E-state index contributed by atoms with van der Waals surface area (Å²) in [6.07, 6.45) is 0.332. The van der Waals surface area contributed by atoms with E-state index in [1.54, 1.807) is 13.1 Å². The van der Waals surface area contributed by atoms with E-state index in [0.717, 1.165) is 21.1 Å². The van der Waals surface area contributed by atoms with Crippen LogP contribution in [-0.4, -0.2) is 17.9 Å². The third-order valence-electron chi connectivity index (χ3n) is 4.41. The second-order valence-corrected chi connectivity index (χ2v) is 7.27. The van der Waals surface area contributed by atoms with E-state index in [1.165, 1.54) is 23.5 Å². The molecule has 0 aliphatic carbocycles. The summed E-state index contributed by atoms with van der Waals surface area (Å²) in [7, 11) is 1.80. The Hall–Kier alpha value is -2.93. The van der Waals surface area contributed by atoms with Crippen molar-refractivity contribution in [2.75, 3.05) is 17.7 Å². The highest BCUT2D eigenvalue weighted by atomic mass is 32.1. The smallest absolute Gasteiger partial charge is 0.226 e. The Kier molecular flexibility index (Phi) is 4.77. The van der Waals surface area contributed by atoms with E-state index in [9.17, 15) is 9.18 Å². The molecule has 2 heterocycles. The Bertz CT molecular complexity index is 989. The molecule has 7 heteroatoms. The molecular formula is C20H18FN3O2S. The molecular weight excluding hydrogens is 365 g/mol.